The molecule has 5 N–H and O–H groups in total. The molecule has 15 heteroatoms. The minimum atomic E-state index is -1.12. The Hall–Kier alpha value is -2.74. The van der Waals surface area contributed by atoms with Crippen LogP contribution in [0.3, 0.4) is 0 Å². The number of thioether (sulfide) groups is 1. The van der Waals surface area contributed by atoms with E-state index in [1.54, 1.807) is 13.0 Å². The SMILES string of the molecule is CONC(=O)c1cc(N2CCC(NC(=O)c3[nH]c(C)c(Cl)c3Cl)CC2)nc(SCCNC(=O)O)n1. The number of aromatic amines is 1. The molecule has 1 saturated heterocycles. The van der Waals surface area contributed by atoms with Crippen LogP contribution in [0.1, 0.15) is 39.5 Å². The number of carbonyl (C=O) groups excluding carboxylic acids is 2. The minimum Gasteiger partial charge on any atom is -0.465 e. The summed E-state index contributed by atoms with van der Waals surface area (Å²) in [6.07, 6.45) is 0.170. The largest absolute Gasteiger partial charge is 0.465 e. The fourth-order valence-corrected chi connectivity index (χ4v) is 4.56. The smallest absolute Gasteiger partial charge is 0.404 e. The molecular weight excluding hydrogens is 521 g/mol. The number of H-pyrrole nitrogens is 1. The molecule has 12 nitrogen and oxygen atoms in total. The number of carboxylic acid groups (broad SMARTS) is 1. The molecule has 3 heterocycles. The molecule has 35 heavy (non-hydrogen) atoms. The van der Waals surface area contributed by atoms with E-state index < -0.39 is 12.0 Å². The van der Waals surface area contributed by atoms with E-state index in [9.17, 15) is 14.4 Å². The minimum absolute atomic E-state index is 0.0776. The first-order valence-electron chi connectivity index (χ1n) is 10.6. The molecule has 2 aromatic heterocycles. The highest BCUT2D eigenvalue weighted by Gasteiger charge is 2.26. The molecule has 190 valence electrons. The molecule has 1 aliphatic rings. The van der Waals surface area contributed by atoms with Gasteiger partial charge >= 0.3 is 6.09 Å². The van der Waals surface area contributed by atoms with Crippen LogP contribution in [0.15, 0.2) is 11.2 Å². The van der Waals surface area contributed by atoms with E-state index in [1.807, 2.05) is 4.90 Å². The molecule has 1 aliphatic heterocycles. The molecular formula is C20H25Cl2N7O5S. The molecule has 0 atom stereocenters. The van der Waals surface area contributed by atoms with Gasteiger partial charge in [-0.25, -0.2) is 20.2 Å². The second-order valence-corrected chi connectivity index (χ2v) is 9.42. The lowest BCUT2D eigenvalue weighted by molar-refractivity contribution is 0.0531. The van der Waals surface area contributed by atoms with Gasteiger partial charge in [0.2, 0.25) is 0 Å². The molecule has 0 radical (unpaired) electrons. The van der Waals surface area contributed by atoms with E-state index in [1.165, 1.54) is 18.9 Å². The van der Waals surface area contributed by atoms with Crippen LogP contribution in [0.25, 0.3) is 0 Å². The lowest BCUT2D eigenvalue weighted by atomic mass is 10.0. The molecule has 0 unspecified atom stereocenters. The average Bonchev–Trinajstić information content (AvgIpc) is 3.09. The van der Waals surface area contributed by atoms with Crippen molar-refractivity contribution in [3.8, 4) is 0 Å². The van der Waals surface area contributed by atoms with Gasteiger partial charge in [0.05, 0.1) is 17.2 Å². The first-order valence-corrected chi connectivity index (χ1v) is 12.3. The predicted octanol–water partition coefficient (Wildman–Crippen LogP) is 2.47. The van der Waals surface area contributed by atoms with Gasteiger partial charge in [-0.15, -0.1) is 0 Å². The summed E-state index contributed by atoms with van der Waals surface area (Å²) >= 11 is 13.4. The third-order valence-corrected chi connectivity index (χ3v) is 6.96. The van der Waals surface area contributed by atoms with Crippen molar-refractivity contribution in [2.75, 3.05) is 37.4 Å². The number of halogens is 2. The number of carbonyl (C=O) groups is 3. The maximum absolute atomic E-state index is 12.6. The zero-order valence-electron chi connectivity index (χ0n) is 19.0. The van der Waals surface area contributed by atoms with E-state index in [2.05, 4.69) is 31.1 Å². The highest BCUT2D eigenvalue weighted by molar-refractivity contribution is 7.99. The number of hydrogen-bond acceptors (Lipinski definition) is 8. The molecule has 3 amide bonds. The summed E-state index contributed by atoms with van der Waals surface area (Å²) < 4.78 is 0. The standard InChI is InChI=1S/C20H25Cl2N7O5S/c1-10-14(21)15(22)16(24-10)18(31)25-11-3-6-29(7-4-11)13-9-12(17(30)28-34-2)26-19(27-13)35-8-5-23-20(32)33/h9,11,23-24H,3-8H2,1-2H3,(H,25,31)(H,28,30)(H,32,33). The van der Waals surface area contributed by atoms with Crippen molar-refractivity contribution in [3.63, 3.8) is 0 Å². The van der Waals surface area contributed by atoms with E-state index in [-0.39, 0.29) is 34.9 Å². The number of hydroxylamine groups is 1. The molecule has 0 saturated carbocycles. The Kier molecular flexibility index (Phi) is 9.43. The first-order chi connectivity index (χ1) is 16.7. The predicted molar refractivity (Wildman–Crippen MR) is 132 cm³/mol. The Morgan fingerprint density at radius 2 is 1.94 bits per heavy atom. The van der Waals surface area contributed by atoms with E-state index in [0.29, 0.717) is 53.4 Å². The van der Waals surface area contributed by atoms with Gasteiger partial charge in [-0.3, -0.25) is 14.4 Å². The second kappa shape index (κ2) is 12.3. The monoisotopic (exact) mass is 545 g/mol. The third kappa shape index (κ3) is 7.13. The Morgan fingerprint density at radius 3 is 2.54 bits per heavy atom. The number of anilines is 1. The Balaban J connectivity index is 1.65. The maximum atomic E-state index is 12.6. The zero-order valence-corrected chi connectivity index (χ0v) is 21.3. The van der Waals surface area contributed by atoms with Crippen LogP contribution < -0.4 is 21.0 Å². The van der Waals surface area contributed by atoms with Gasteiger partial charge in [-0.05, 0) is 19.8 Å². The van der Waals surface area contributed by atoms with Gasteiger partial charge in [-0.2, -0.15) is 0 Å². The van der Waals surface area contributed by atoms with Crippen molar-refractivity contribution in [3.05, 3.63) is 33.2 Å². The molecule has 0 aliphatic carbocycles. The topological polar surface area (TPSA) is 162 Å². The lowest BCUT2D eigenvalue weighted by Gasteiger charge is -2.33. The summed E-state index contributed by atoms with van der Waals surface area (Å²) in [7, 11) is 1.32. The van der Waals surface area contributed by atoms with Gasteiger partial charge in [-0.1, -0.05) is 35.0 Å². The normalized spacial score (nSPS) is 14.0. The quantitative estimate of drug-likeness (QED) is 0.138. The van der Waals surface area contributed by atoms with Gasteiger partial charge < -0.3 is 25.6 Å². The van der Waals surface area contributed by atoms with Gasteiger partial charge in [0.25, 0.3) is 11.8 Å². The number of amides is 3. The average molecular weight is 546 g/mol. The first kappa shape index (κ1) is 26.9. The number of aryl methyl sites for hydroxylation is 1. The molecule has 2 aromatic rings. The van der Waals surface area contributed by atoms with Crippen LogP contribution in [0.4, 0.5) is 10.6 Å². The van der Waals surface area contributed by atoms with Crippen LogP contribution in [-0.4, -0.2) is 76.5 Å². The Morgan fingerprint density at radius 1 is 1.23 bits per heavy atom. The van der Waals surface area contributed by atoms with Gasteiger partial charge in [0.15, 0.2) is 5.16 Å². The molecule has 0 spiro atoms. The van der Waals surface area contributed by atoms with Crippen molar-refractivity contribution in [1.29, 1.82) is 0 Å². The highest BCUT2D eigenvalue weighted by Crippen LogP contribution is 2.29. The van der Waals surface area contributed by atoms with Crippen molar-refractivity contribution in [2.45, 2.75) is 31.0 Å². The Bertz CT molecular complexity index is 1090. The van der Waals surface area contributed by atoms with Crippen molar-refractivity contribution < 1.29 is 24.3 Å². The van der Waals surface area contributed by atoms with Crippen LogP contribution >= 0.6 is 35.0 Å². The Labute approximate surface area is 215 Å². The molecule has 0 aromatic carbocycles. The molecule has 0 bridgehead atoms. The summed E-state index contributed by atoms with van der Waals surface area (Å²) in [4.78, 5) is 53.9. The summed E-state index contributed by atoms with van der Waals surface area (Å²) in [6.45, 7) is 3.10. The van der Waals surface area contributed by atoms with E-state index in [4.69, 9.17) is 33.1 Å². The van der Waals surface area contributed by atoms with Crippen LogP contribution in [-0.2, 0) is 4.84 Å². The summed E-state index contributed by atoms with van der Waals surface area (Å²) in [5, 5.41) is 14.8. The summed E-state index contributed by atoms with van der Waals surface area (Å²) in [5.41, 5.74) is 3.22. The fraction of sp³-hybridized carbons (Fsp3) is 0.450. The van der Waals surface area contributed by atoms with Gasteiger partial charge in [0.1, 0.15) is 17.2 Å². The molecule has 3 rings (SSSR count). The number of aromatic nitrogens is 3. The van der Waals surface area contributed by atoms with E-state index >= 15 is 0 Å². The number of nitrogens with zero attached hydrogens (tertiary/aromatic N) is 3. The van der Waals surface area contributed by atoms with E-state index in [0.717, 1.165) is 0 Å². The van der Waals surface area contributed by atoms with Gasteiger partial charge in [0, 0.05) is 43.2 Å². The van der Waals surface area contributed by atoms with Crippen LogP contribution in [0, 0.1) is 6.92 Å². The summed E-state index contributed by atoms with van der Waals surface area (Å²) in [5.74, 6) is 0.0905. The van der Waals surface area contributed by atoms with Crippen molar-refractivity contribution in [1.82, 2.24) is 31.1 Å². The van der Waals surface area contributed by atoms with Crippen LogP contribution in [0.2, 0.25) is 10.0 Å². The molecule has 1 fully saturated rings. The maximum Gasteiger partial charge on any atom is 0.404 e. The summed E-state index contributed by atoms with van der Waals surface area (Å²) in [6, 6.07) is 1.49. The third-order valence-electron chi connectivity index (χ3n) is 5.16. The fourth-order valence-electron chi connectivity index (χ4n) is 3.44. The number of nitrogens with one attached hydrogen (secondary N) is 4. The van der Waals surface area contributed by atoms with Crippen molar-refractivity contribution in [2.24, 2.45) is 0 Å². The van der Waals surface area contributed by atoms with Crippen LogP contribution in [0.5, 0.6) is 0 Å². The number of hydrogen-bond donors (Lipinski definition) is 5. The zero-order chi connectivity index (χ0) is 25.5. The number of rotatable bonds is 9. The highest BCUT2D eigenvalue weighted by atomic mass is 35.5. The lowest BCUT2D eigenvalue weighted by Crippen LogP contribution is -2.45. The second-order valence-electron chi connectivity index (χ2n) is 7.60. The number of piperidine rings is 1. The van der Waals surface area contributed by atoms with Crippen molar-refractivity contribution >= 4 is 58.7 Å².